The van der Waals surface area contributed by atoms with E-state index in [0.717, 1.165) is 4.90 Å². The molecule has 3 amide bonds. The van der Waals surface area contributed by atoms with Crippen LogP contribution in [0.4, 0.5) is 11.4 Å². The van der Waals surface area contributed by atoms with E-state index in [1.807, 2.05) is 0 Å². The van der Waals surface area contributed by atoms with E-state index >= 15 is 0 Å². The van der Waals surface area contributed by atoms with Crippen LogP contribution in [0.1, 0.15) is 31.1 Å². The molecule has 3 aromatic carbocycles. The van der Waals surface area contributed by atoms with E-state index < -0.39 is 11.8 Å². The highest BCUT2D eigenvalue weighted by molar-refractivity contribution is 9.10. The van der Waals surface area contributed by atoms with Crippen molar-refractivity contribution in [1.82, 2.24) is 0 Å². The van der Waals surface area contributed by atoms with Crippen LogP contribution in [0.2, 0.25) is 5.02 Å². The minimum absolute atomic E-state index is 0.159. The first-order chi connectivity index (χ1) is 14.4. The number of carbonyl (C=O) groups is 3. The first kappa shape index (κ1) is 20.1. The number of halogens is 2. The van der Waals surface area contributed by atoms with Crippen molar-refractivity contribution in [3.8, 4) is 5.75 Å². The van der Waals surface area contributed by atoms with Gasteiger partial charge in [-0.15, -0.1) is 0 Å². The zero-order valence-electron chi connectivity index (χ0n) is 15.6. The van der Waals surface area contributed by atoms with Gasteiger partial charge >= 0.3 is 0 Å². The molecule has 30 heavy (non-hydrogen) atoms. The van der Waals surface area contributed by atoms with Crippen molar-refractivity contribution in [2.75, 3.05) is 17.3 Å². The van der Waals surface area contributed by atoms with Crippen molar-refractivity contribution >= 4 is 56.6 Å². The van der Waals surface area contributed by atoms with Crippen LogP contribution in [0.25, 0.3) is 0 Å². The number of hydrogen-bond donors (Lipinski definition) is 1. The minimum Gasteiger partial charge on any atom is -0.497 e. The van der Waals surface area contributed by atoms with Crippen LogP contribution in [0.15, 0.2) is 65.1 Å². The summed E-state index contributed by atoms with van der Waals surface area (Å²) in [7, 11) is 1.52. The summed E-state index contributed by atoms with van der Waals surface area (Å²) in [6, 6.07) is 16.3. The largest absolute Gasteiger partial charge is 0.497 e. The summed E-state index contributed by atoms with van der Waals surface area (Å²) in [4.78, 5) is 39.0. The Bertz CT molecular complexity index is 1180. The van der Waals surface area contributed by atoms with Crippen molar-refractivity contribution in [3.05, 3.63) is 86.8 Å². The van der Waals surface area contributed by atoms with Gasteiger partial charge in [0.2, 0.25) is 0 Å². The summed E-state index contributed by atoms with van der Waals surface area (Å²) >= 11 is 9.71. The first-order valence-electron chi connectivity index (χ1n) is 8.83. The molecule has 0 fully saturated rings. The number of methoxy groups -OCH3 is 1. The van der Waals surface area contributed by atoms with Gasteiger partial charge < -0.3 is 10.1 Å². The fourth-order valence-corrected chi connectivity index (χ4v) is 3.87. The first-order valence-corrected chi connectivity index (χ1v) is 10.00. The Labute approximate surface area is 185 Å². The van der Waals surface area contributed by atoms with E-state index in [1.165, 1.54) is 19.2 Å². The second-order valence-corrected chi connectivity index (χ2v) is 7.72. The van der Waals surface area contributed by atoms with Gasteiger partial charge in [-0.2, -0.15) is 0 Å². The molecule has 0 saturated carbocycles. The molecule has 1 aliphatic rings. The van der Waals surface area contributed by atoms with Crippen LogP contribution in [0, 0.1) is 0 Å². The number of anilines is 2. The van der Waals surface area contributed by atoms with Crippen LogP contribution >= 0.6 is 27.5 Å². The van der Waals surface area contributed by atoms with Gasteiger partial charge in [0.25, 0.3) is 17.7 Å². The Balaban J connectivity index is 1.60. The molecule has 0 atom stereocenters. The van der Waals surface area contributed by atoms with Crippen molar-refractivity contribution in [1.29, 1.82) is 0 Å². The topological polar surface area (TPSA) is 75.7 Å². The quantitative estimate of drug-likeness (QED) is 0.518. The number of carbonyl (C=O) groups excluding carboxylic acids is 3. The molecule has 4 rings (SSSR count). The summed E-state index contributed by atoms with van der Waals surface area (Å²) < 4.78 is 5.76. The molecule has 1 N–H and O–H groups in total. The number of nitrogens with one attached hydrogen (secondary N) is 1. The molecular formula is C22H14BrClN2O4. The number of imide groups is 1. The summed E-state index contributed by atoms with van der Waals surface area (Å²) in [5.74, 6) is -0.697. The van der Waals surface area contributed by atoms with Gasteiger partial charge in [-0.3, -0.25) is 14.4 Å². The summed E-state index contributed by atoms with van der Waals surface area (Å²) in [5.41, 5.74) is 1.72. The summed E-state index contributed by atoms with van der Waals surface area (Å²) in [6.45, 7) is 0. The summed E-state index contributed by atoms with van der Waals surface area (Å²) in [6.07, 6.45) is 0. The third-order valence-electron chi connectivity index (χ3n) is 4.66. The molecule has 3 aromatic rings. The van der Waals surface area contributed by atoms with E-state index in [2.05, 4.69) is 21.2 Å². The maximum absolute atomic E-state index is 12.7. The predicted octanol–water partition coefficient (Wildman–Crippen LogP) is 5.16. The number of benzene rings is 3. The average Bonchev–Trinajstić information content (AvgIpc) is 2.99. The monoisotopic (exact) mass is 484 g/mol. The van der Waals surface area contributed by atoms with Gasteiger partial charge in [0, 0.05) is 10.2 Å². The van der Waals surface area contributed by atoms with Crippen molar-refractivity contribution in [3.63, 3.8) is 0 Å². The molecule has 0 unspecified atom stereocenters. The maximum atomic E-state index is 12.7. The Kier molecular flexibility index (Phi) is 5.32. The molecule has 0 radical (unpaired) electrons. The number of amides is 3. The van der Waals surface area contributed by atoms with Crippen LogP contribution in [0.3, 0.4) is 0 Å². The minimum atomic E-state index is -0.436. The molecule has 1 aliphatic heterocycles. The highest BCUT2D eigenvalue weighted by Gasteiger charge is 2.37. The van der Waals surface area contributed by atoms with Crippen molar-refractivity contribution < 1.29 is 19.1 Å². The molecule has 6 nitrogen and oxygen atoms in total. The fourth-order valence-electron chi connectivity index (χ4n) is 3.18. The van der Waals surface area contributed by atoms with Gasteiger partial charge in [0.15, 0.2) is 0 Å². The number of rotatable bonds is 4. The van der Waals surface area contributed by atoms with E-state index in [0.29, 0.717) is 32.6 Å². The van der Waals surface area contributed by atoms with E-state index in [-0.39, 0.29) is 16.6 Å². The van der Waals surface area contributed by atoms with Gasteiger partial charge in [0.05, 0.1) is 34.5 Å². The van der Waals surface area contributed by atoms with E-state index in [4.69, 9.17) is 16.3 Å². The molecule has 0 aromatic heterocycles. The standard InChI is InChI=1S/C22H14BrClN2O4/c1-30-13-7-8-17(23)16(11-13)20(27)25-12-6-9-19(18(24)10-12)26-21(28)14-4-2-3-5-15(14)22(26)29/h2-11H,1H3,(H,25,27). The van der Waals surface area contributed by atoms with Gasteiger partial charge in [-0.25, -0.2) is 4.90 Å². The summed E-state index contributed by atoms with van der Waals surface area (Å²) in [5, 5.41) is 2.91. The Morgan fingerprint density at radius 1 is 1.00 bits per heavy atom. The molecular weight excluding hydrogens is 472 g/mol. The molecule has 1 heterocycles. The molecule has 0 saturated heterocycles. The molecule has 8 heteroatoms. The van der Waals surface area contributed by atoms with Crippen LogP contribution in [-0.4, -0.2) is 24.8 Å². The number of nitrogens with zero attached hydrogens (tertiary/aromatic N) is 1. The van der Waals surface area contributed by atoms with Crippen LogP contribution in [-0.2, 0) is 0 Å². The lowest BCUT2D eigenvalue weighted by Crippen LogP contribution is -2.29. The number of hydrogen-bond acceptors (Lipinski definition) is 4. The smallest absolute Gasteiger partial charge is 0.266 e. The van der Waals surface area contributed by atoms with E-state index in [9.17, 15) is 14.4 Å². The van der Waals surface area contributed by atoms with Gasteiger partial charge in [-0.1, -0.05) is 23.7 Å². The zero-order valence-corrected chi connectivity index (χ0v) is 18.0. The highest BCUT2D eigenvalue weighted by atomic mass is 79.9. The Hall–Kier alpha value is -3.16. The molecule has 0 bridgehead atoms. The zero-order chi connectivity index (χ0) is 21.4. The molecule has 0 spiro atoms. The fraction of sp³-hybridized carbons (Fsp3) is 0.0455. The molecule has 0 aliphatic carbocycles. The lowest BCUT2D eigenvalue weighted by atomic mass is 10.1. The number of ether oxygens (including phenoxy) is 1. The third kappa shape index (κ3) is 3.46. The van der Waals surface area contributed by atoms with Crippen LogP contribution in [0.5, 0.6) is 5.75 Å². The van der Waals surface area contributed by atoms with Gasteiger partial charge in [0.1, 0.15) is 5.75 Å². The Morgan fingerprint density at radius 2 is 1.67 bits per heavy atom. The lowest BCUT2D eigenvalue weighted by molar-refractivity contribution is 0.0924. The average molecular weight is 486 g/mol. The van der Waals surface area contributed by atoms with Gasteiger partial charge in [-0.05, 0) is 64.5 Å². The lowest BCUT2D eigenvalue weighted by Gasteiger charge is -2.17. The second kappa shape index (κ2) is 7.93. The maximum Gasteiger partial charge on any atom is 0.266 e. The molecule has 150 valence electrons. The predicted molar refractivity (Wildman–Crippen MR) is 118 cm³/mol. The highest BCUT2D eigenvalue weighted by Crippen LogP contribution is 2.35. The Morgan fingerprint density at radius 3 is 2.27 bits per heavy atom. The third-order valence-corrected chi connectivity index (χ3v) is 5.65. The van der Waals surface area contributed by atoms with Crippen molar-refractivity contribution in [2.45, 2.75) is 0 Å². The van der Waals surface area contributed by atoms with E-state index in [1.54, 1.807) is 48.5 Å². The normalized spacial score (nSPS) is 12.7. The second-order valence-electron chi connectivity index (χ2n) is 6.46. The van der Waals surface area contributed by atoms with Crippen LogP contribution < -0.4 is 15.0 Å². The van der Waals surface area contributed by atoms with Crippen molar-refractivity contribution in [2.24, 2.45) is 0 Å². The number of fused-ring (bicyclic) bond motifs is 1. The SMILES string of the molecule is COc1ccc(Br)c(C(=O)Nc2ccc(N3C(=O)c4ccccc4C3=O)c(Cl)c2)c1.